The summed E-state index contributed by atoms with van der Waals surface area (Å²) in [4.78, 5) is 15.5. The lowest BCUT2D eigenvalue weighted by Crippen LogP contribution is -2.17. The number of hydrazone groups is 1. The van der Waals surface area contributed by atoms with Gasteiger partial charge in [-0.05, 0) is 50.1 Å². The number of rotatable bonds is 3. The molecule has 1 heterocycles. The predicted molar refractivity (Wildman–Crippen MR) is 84.5 cm³/mol. The molecule has 0 bridgehead atoms. The highest BCUT2D eigenvalue weighted by atomic mass is 79.9. The number of hydrogen-bond donors (Lipinski definition) is 3. The monoisotopic (exact) mass is 413 g/mol. The molecule has 0 fully saturated rings. The molecule has 0 saturated carbocycles. The predicted octanol–water partition coefficient (Wildman–Crippen LogP) is 2.78. The second kappa shape index (κ2) is 6.68. The van der Waals surface area contributed by atoms with Crippen LogP contribution in [0.3, 0.4) is 0 Å². The van der Waals surface area contributed by atoms with Gasteiger partial charge in [-0.25, -0.2) is 5.43 Å². The molecular formula is C13H9Br2N3O3. The van der Waals surface area contributed by atoms with Crippen molar-refractivity contribution in [2.45, 2.75) is 0 Å². The second-order valence-corrected chi connectivity index (χ2v) is 5.55. The van der Waals surface area contributed by atoms with Gasteiger partial charge in [-0.15, -0.1) is 0 Å². The molecule has 0 aliphatic heterocycles. The molecule has 3 N–H and O–H groups in total. The fourth-order valence-electron chi connectivity index (χ4n) is 1.44. The van der Waals surface area contributed by atoms with Crippen molar-refractivity contribution in [3.63, 3.8) is 0 Å². The van der Waals surface area contributed by atoms with Crippen molar-refractivity contribution in [1.29, 1.82) is 0 Å². The van der Waals surface area contributed by atoms with E-state index in [1.165, 1.54) is 18.5 Å². The van der Waals surface area contributed by atoms with Gasteiger partial charge in [0.25, 0.3) is 5.91 Å². The first-order chi connectivity index (χ1) is 10.0. The zero-order valence-corrected chi connectivity index (χ0v) is 13.6. The molecule has 6 nitrogen and oxygen atoms in total. The zero-order chi connectivity index (χ0) is 15.4. The first-order valence-corrected chi connectivity index (χ1v) is 7.22. The number of phenols is 2. The molecule has 1 amide bonds. The lowest BCUT2D eigenvalue weighted by molar-refractivity contribution is 0.0954. The molecule has 0 radical (unpaired) electrons. The Morgan fingerprint density at radius 3 is 2.76 bits per heavy atom. The van der Waals surface area contributed by atoms with E-state index in [1.54, 1.807) is 18.3 Å². The number of nitrogens with one attached hydrogen (secondary N) is 1. The number of amides is 1. The van der Waals surface area contributed by atoms with Crippen LogP contribution in [-0.4, -0.2) is 27.3 Å². The highest BCUT2D eigenvalue weighted by Crippen LogP contribution is 2.40. The molecule has 108 valence electrons. The number of halogens is 2. The number of hydrogen-bond acceptors (Lipinski definition) is 5. The van der Waals surface area contributed by atoms with Crippen molar-refractivity contribution in [3.05, 3.63) is 50.7 Å². The van der Waals surface area contributed by atoms with Gasteiger partial charge >= 0.3 is 0 Å². The van der Waals surface area contributed by atoms with Gasteiger partial charge < -0.3 is 10.2 Å². The quantitative estimate of drug-likeness (QED) is 0.531. The first-order valence-electron chi connectivity index (χ1n) is 5.64. The van der Waals surface area contributed by atoms with Gasteiger partial charge in [-0.2, -0.15) is 5.10 Å². The first kappa shape index (κ1) is 15.5. The maximum Gasteiger partial charge on any atom is 0.272 e. The Morgan fingerprint density at radius 2 is 2.10 bits per heavy atom. The van der Waals surface area contributed by atoms with Gasteiger partial charge in [-0.3, -0.25) is 9.78 Å². The Hall–Kier alpha value is -1.93. The molecule has 0 aliphatic rings. The van der Waals surface area contributed by atoms with Crippen LogP contribution < -0.4 is 5.43 Å². The molecule has 1 aromatic heterocycles. The Bertz CT molecular complexity index is 706. The van der Waals surface area contributed by atoms with E-state index >= 15 is 0 Å². The van der Waals surface area contributed by atoms with E-state index in [0.717, 1.165) is 0 Å². The number of carbonyl (C=O) groups is 1. The number of benzene rings is 1. The van der Waals surface area contributed by atoms with Crippen LogP contribution in [0, 0.1) is 0 Å². The summed E-state index contributed by atoms with van der Waals surface area (Å²) in [5.74, 6) is -0.727. The molecule has 0 aliphatic carbocycles. The molecule has 2 rings (SSSR count). The number of aromatic hydroxyl groups is 2. The summed E-state index contributed by atoms with van der Waals surface area (Å²) in [6.45, 7) is 0. The fourth-order valence-corrected chi connectivity index (χ4v) is 2.59. The minimum Gasteiger partial charge on any atom is -0.506 e. The molecule has 0 atom stereocenters. The van der Waals surface area contributed by atoms with Crippen molar-refractivity contribution in [2.75, 3.05) is 0 Å². The molecular weight excluding hydrogens is 406 g/mol. The molecule has 8 heteroatoms. The minimum absolute atomic E-state index is 0.121. The van der Waals surface area contributed by atoms with E-state index in [1.807, 2.05) is 0 Å². The Balaban J connectivity index is 2.14. The van der Waals surface area contributed by atoms with Gasteiger partial charge in [0.05, 0.1) is 16.3 Å². The number of aromatic nitrogens is 1. The topological polar surface area (TPSA) is 94.8 Å². The third-order valence-corrected chi connectivity index (χ3v) is 3.85. The molecule has 2 aromatic rings. The average Bonchev–Trinajstić information content (AvgIpc) is 2.51. The van der Waals surface area contributed by atoms with Crippen molar-refractivity contribution >= 4 is 44.0 Å². The van der Waals surface area contributed by atoms with Gasteiger partial charge in [0, 0.05) is 18.0 Å². The van der Waals surface area contributed by atoms with Crippen molar-refractivity contribution in [2.24, 2.45) is 5.10 Å². The van der Waals surface area contributed by atoms with Crippen molar-refractivity contribution < 1.29 is 15.0 Å². The summed E-state index contributed by atoms with van der Waals surface area (Å²) in [7, 11) is 0. The van der Waals surface area contributed by atoms with E-state index in [0.29, 0.717) is 15.6 Å². The third kappa shape index (κ3) is 3.59. The van der Waals surface area contributed by atoms with Gasteiger partial charge in [-0.1, -0.05) is 0 Å². The van der Waals surface area contributed by atoms with Crippen LogP contribution in [0.5, 0.6) is 11.5 Å². The highest BCUT2D eigenvalue weighted by molar-refractivity contribution is 9.11. The van der Waals surface area contributed by atoms with E-state index in [4.69, 9.17) is 0 Å². The normalized spacial score (nSPS) is 10.8. The van der Waals surface area contributed by atoms with Crippen molar-refractivity contribution in [1.82, 2.24) is 10.4 Å². The summed E-state index contributed by atoms with van der Waals surface area (Å²) in [5, 5.41) is 23.2. The number of phenolic OH excluding ortho intramolecular Hbond substituents is 2. The van der Waals surface area contributed by atoms with E-state index in [9.17, 15) is 15.0 Å². The average molecular weight is 415 g/mol. The lowest BCUT2D eigenvalue weighted by atomic mass is 10.2. The number of carbonyl (C=O) groups excluding carboxylic acids is 1. The Kier molecular flexibility index (Phi) is 4.92. The molecule has 0 saturated heterocycles. The second-order valence-electron chi connectivity index (χ2n) is 3.90. The number of pyridine rings is 1. The third-order valence-electron chi connectivity index (χ3n) is 2.49. The summed E-state index contributed by atoms with van der Waals surface area (Å²) in [6, 6.07) is 4.71. The Labute approximate surface area is 136 Å². The fraction of sp³-hybridized carbons (Fsp3) is 0. The summed E-state index contributed by atoms with van der Waals surface area (Å²) in [6.07, 6.45) is 4.23. The lowest BCUT2D eigenvalue weighted by Gasteiger charge is -2.06. The van der Waals surface area contributed by atoms with Crippen LogP contribution >= 0.6 is 31.9 Å². The summed E-state index contributed by atoms with van der Waals surface area (Å²) >= 11 is 6.19. The Morgan fingerprint density at radius 1 is 1.33 bits per heavy atom. The summed E-state index contributed by atoms with van der Waals surface area (Å²) < 4.78 is 0.518. The van der Waals surface area contributed by atoms with Crippen LogP contribution in [0.4, 0.5) is 0 Å². The molecule has 21 heavy (non-hydrogen) atoms. The van der Waals surface area contributed by atoms with Crippen LogP contribution in [0.1, 0.15) is 15.9 Å². The van der Waals surface area contributed by atoms with E-state index in [2.05, 4.69) is 47.4 Å². The molecule has 0 unspecified atom stereocenters. The standard InChI is InChI=1S/C13H9Br2N3O3/c14-9-4-8(11(19)10(15)12(9)20)6-17-18-13(21)7-2-1-3-16-5-7/h1-6,19-20H,(H,18,21)/b17-6-. The highest BCUT2D eigenvalue weighted by Gasteiger charge is 2.12. The van der Waals surface area contributed by atoms with E-state index in [-0.39, 0.29) is 16.0 Å². The van der Waals surface area contributed by atoms with Gasteiger partial charge in [0.15, 0.2) is 0 Å². The van der Waals surface area contributed by atoms with Crippen LogP contribution in [-0.2, 0) is 0 Å². The minimum atomic E-state index is -0.421. The SMILES string of the molecule is O=C(N/N=C\c1cc(Br)c(O)c(Br)c1O)c1cccnc1. The zero-order valence-electron chi connectivity index (χ0n) is 10.4. The molecule has 1 aromatic carbocycles. The van der Waals surface area contributed by atoms with Gasteiger partial charge in [0.1, 0.15) is 16.0 Å². The van der Waals surface area contributed by atoms with Crippen LogP contribution in [0.2, 0.25) is 0 Å². The largest absolute Gasteiger partial charge is 0.506 e. The maximum atomic E-state index is 11.7. The van der Waals surface area contributed by atoms with E-state index < -0.39 is 5.91 Å². The van der Waals surface area contributed by atoms with Crippen LogP contribution in [0.25, 0.3) is 0 Å². The maximum absolute atomic E-state index is 11.7. The smallest absolute Gasteiger partial charge is 0.272 e. The van der Waals surface area contributed by atoms with Crippen molar-refractivity contribution in [3.8, 4) is 11.5 Å². The molecule has 0 spiro atoms. The van der Waals surface area contributed by atoms with Crippen LogP contribution in [0.15, 0.2) is 44.6 Å². The number of nitrogens with zero attached hydrogens (tertiary/aromatic N) is 2. The summed E-state index contributed by atoms with van der Waals surface area (Å²) in [5.41, 5.74) is 3.00. The van der Waals surface area contributed by atoms with Gasteiger partial charge in [0.2, 0.25) is 0 Å².